The Bertz CT molecular complexity index is 625. The number of ketones is 1. The van der Waals surface area contributed by atoms with Gasteiger partial charge in [0.05, 0.1) is 12.2 Å². The van der Waals surface area contributed by atoms with Crippen molar-refractivity contribution in [3.05, 3.63) is 11.6 Å². The molecule has 0 bridgehead atoms. The number of fused-ring (bicyclic) bond motifs is 5. The minimum Gasteiger partial charge on any atom is -0.390 e. The number of Topliss-reactive ketones (excluding diaryl/α,β-unsaturated/α-hetero) is 1. The van der Waals surface area contributed by atoms with Gasteiger partial charge in [-0.1, -0.05) is 26.8 Å². The zero-order chi connectivity index (χ0) is 18.2. The highest BCUT2D eigenvalue weighted by Gasteiger charge is 2.66. The molecule has 0 unspecified atom stereocenters. The van der Waals surface area contributed by atoms with Crippen molar-refractivity contribution in [2.75, 3.05) is 0 Å². The van der Waals surface area contributed by atoms with Crippen molar-refractivity contribution >= 4 is 5.78 Å². The number of hydrogen-bond acceptors (Lipinski definition) is 3. The fraction of sp³-hybridized carbons (Fsp3) is 0.864. The summed E-state index contributed by atoms with van der Waals surface area (Å²) in [6, 6.07) is 0. The van der Waals surface area contributed by atoms with Crippen LogP contribution in [0.5, 0.6) is 0 Å². The second-order valence-electron chi connectivity index (χ2n) is 10.2. The molecule has 0 saturated heterocycles. The molecule has 0 aliphatic heterocycles. The molecule has 0 aromatic carbocycles. The smallest absolute Gasteiger partial charge is 0.159 e. The Morgan fingerprint density at radius 2 is 1.76 bits per heavy atom. The Hall–Kier alpha value is -0.670. The molecule has 4 saturated carbocycles. The van der Waals surface area contributed by atoms with Gasteiger partial charge in [-0.15, -0.1) is 0 Å². The Labute approximate surface area is 151 Å². The van der Waals surface area contributed by atoms with E-state index in [0.29, 0.717) is 30.0 Å². The molecule has 4 rings (SSSR count). The summed E-state index contributed by atoms with van der Waals surface area (Å²) in [4.78, 5) is 12.8. The van der Waals surface area contributed by atoms with Crippen molar-refractivity contribution in [3.63, 3.8) is 0 Å². The first-order valence-electron chi connectivity index (χ1n) is 10.2. The number of carbonyl (C=O) groups is 1. The van der Waals surface area contributed by atoms with Gasteiger partial charge in [-0.2, -0.15) is 0 Å². The van der Waals surface area contributed by atoms with Crippen molar-refractivity contribution in [1.29, 1.82) is 0 Å². The molecule has 0 aromatic heterocycles. The van der Waals surface area contributed by atoms with Crippen LogP contribution in [0, 0.1) is 34.0 Å². The maximum absolute atomic E-state index is 12.8. The number of carbonyl (C=O) groups excluding carboxylic acids is 1. The SMILES string of the molecule is C/C=C1/C(=O)C[C@@]2(C)[C@@H]3CC[C@H]4C[C@@H](O)[C@@H](O)C[C@]4(C)[C@H]3CC[C@]12C. The predicted molar refractivity (Wildman–Crippen MR) is 97.9 cm³/mol. The van der Waals surface area contributed by atoms with Gasteiger partial charge in [-0.25, -0.2) is 0 Å². The van der Waals surface area contributed by atoms with Crippen LogP contribution in [0.25, 0.3) is 0 Å². The molecule has 0 aromatic rings. The standard InChI is InChI=1S/C22H34O3/c1-5-14-18(24)12-22(4)16-7-6-13-10-17(23)19(25)11-20(13,2)15(16)8-9-21(14,22)3/h5,13,15-17,19,23,25H,6-12H2,1-4H3/b14-5-/t13-,15-,16+,17+,19-,20-,21+,22-/m0/s1. The van der Waals surface area contributed by atoms with Crippen LogP contribution in [-0.4, -0.2) is 28.2 Å². The van der Waals surface area contributed by atoms with Crippen molar-refractivity contribution in [3.8, 4) is 0 Å². The maximum atomic E-state index is 12.8. The first-order valence-corrected chi connectivity index (χ1v) is 10.2. The Balaban J connectivity index is 1.73. The normalized spacial score (nSPS) is 57.1. The van der Waals surface area contributed by atoms with Crippen LogP contribution in [0.2, 0.25) is 0 Å². The van der Waals surface area contributed by atoms with Gasteiger partial charge in [0.25, 0.3) is 0 Å². The number of hydrogen-bond donors (Lipinski definition) is 2. The Morgan fingerprint density at radius 1 is 1.04 bits per heavy atom. The van der Waals surface area contributed by atoms with Gasteiger partial charge in [-0.05, 0) is 79.6 Å². The van der Waals surface area contributed by atoms with Crippen LogP contribution in [0.4, 0.5) is 0 Å². The maximum Gasteiger partial charge on any atom is 0.159 e. The highest BCUT2D eigenvalue weighted by Crippen LogP contribution is 2.71. The van der Waals surface area contributed by atoms with Gasteiger partial charge in [0, 0.05) is 11.8 Å². The molecule has 3 heteroatoms. The van der Waals surface area contributed by atoms with E-state index in [-0.39, 0.29) is 16.2 Å². The average Bonchev–Trinajstić information content (AvgIpc) is 2.74. The van der Waals surface area contributed by atoms with Crippen molar-refractivity contribution in [2.45, 2.75) is 84.8 Å². The van der Waals surface area contributed by atoms with E-state index in [9.17, 15) is 15.0 Å². The molecule has 8 atom stereocenters. The van der Waals surface area contributed by atoms with E-state index in [0.717, 1.165) is 37.7 Å². The summed E-state index contributed by atoms with van der Waals surface area (Å²) in [6.07, 6.45) is 7.62. The van der Waals surface area contributed by atoms with E-state index in [1.807, 2.05) is 6.92 Å². The van der Waals surface area contributed by atoms with Crippen LogP contribution in [0.1, 0.15) is 72.6 Å². The third-order valence-corrected chi connectivity index (χ3v) is 9.46. The molecule has 25 heavy (non-hydrogen) atoms. The fourth-order valence-electron chi connectivity index (χ4n) is 7.83. The minimum absolute atomic E-state index is 0.00991. The first-order chi connectivity index (χ1) is 11.7. The molecular formula is C22H34O3. The molecule has 140 valence electrons. The van der Waals surface area contributed by atoms with Gasteiger partial charge in [0.1, 0.15) is 0 Å². The zero-order valence-corrected chi connectivity index (χ0v) is 16.2. The number of rotatable bonds is 0. The quantitative estimate of drug-likeness (QED) is 0.655. The van der Waals surface area contributed by atoms with E-state index in [1.165, 1.54) is 6.42 Å². The molecule has 0 heterocycles. The van der Waals surface area contributed by atoms with Crippen LogP contribution in [0.15, 0.2) is 11.6 Å². The number of allylic oxidation sites excluding steroid dienone is 2. The monoisotopic (exact) mass is 346 g/mol. The third-order valence-electron chi connectivity index (χ3n) is 9.46. The summed E-state index contributed by atoms with van der Waals surface area (Å²) in [5.74, 6) is 1.99. The second kappa shape index (κ2) is 5.42. The van der Waals surface area contributed by atoms with Gasteiger partial charge >= 0.3 is 0 Å². The van der Waals surface area contributed by atoms with Crippen molar-refractivity contribution in [2.24, 2.45) is 34.0 Å². The zero-order valence-electron chi connectivity index (χ0n) is 16.2. The van der Waals surface area contributed by atoms with Gasteiger partial charge in [0.2, 0.25) is 0 Å². The molecular weight excluding hydrogens is 312 g/mol. The van der Waals surface area contributed by atoms with Crippen molar-refractivity contribution in [1.82, 2.24) is 0 Å². The first kappa shape index (κ1) is 17.7. The highest BCUT2D eigenvalue weighted by molar-refractivity contribution is 6.00. The lowest BCUT2D eigenvalue weighted by atomic mass is 9.41. The van der Waals surface area contributed by atoms with E-state index >= 15 is 0 Å². The van der Waals surface area contributed by atoms with E-state index < -0.39 is 12.2 Å². The summed E-state index contributed by atoms with van der Waals surface area (Å²) < 4.78 is 0. The summed E-state index contributed by atoms with van der Waals surface area (Å²) >= 11 is 0. The lowest BCUT2D eigenvalue weighted by Gasteiger charge is -2.64. The Kier molecular flexibility index (Phi) is 3.84. The third kappa shape index (κ3) is 2.09. The largest absolute Gasteiger partial charge is 0.390 e. The summed E-state index contributed by atoms with van der Waals surface area (Å²) in [6.45, 7) is 9.09. The Morgan fingerprint density at radius 3 is 2.44 bits per heavy atom. The lowest BCUT2D eigenvalue weighted by molar-refractivity contribution is -0.174. The average molecular weight is 347 g/mol. The summed E-state index contributed by atoms with van der Waals surface area (Å²) in [7, 11) is 0. The topological polar surface area (TPSA) is 57.5 Å². The van der Waals surface area contributed by atoms with Gasteiger partial charge < -0.3 is 10.2 Å². The molecule has 2 N–H and O–H groups in total. The molecule has 0 radical (unpaired) electrons. The van der Waals surface area contributed by atoms with Crippen LogP contribution in [0.3, 0.4) is 0 Å². The molecule has 3 nitrogen and oxygen atoms in total. The molecule has 0 spiro atoms. The molecule has 4 aliphatic rings. The van der Waals surface area contributed by atoms with E-state index in [1.54, 1.807) is 0 Å². The minimum atomic E-state index is -0.586. The fourth-order valence-corrected chi connectivity index (χ4v) is 7.83. The molecule has 4 aliphatic carbocycles. The van der Waals surface area contributed by atoms with Crippen LogP contribution < -0.4 is 0 Å². The predicted octanol–water partition coefficient (Wildman–Crippen LogP) is 3.88. The molecule has 0 amide bonds. The number of aliphatic hydroxyl groups is 2. The summed E-state index contributed by atoms with van der Waals surface area (Å²) in [5, 5.41) is 20.6. The van der Waals surface area contributed by atoms with Crippen LogP contribution >= 0.6 is 0 Å². The van der Waals surface area contributed by atoms with Gasteiger partial charge in [-0.3, -0.25) is 4.79 Å². The number of aliphatic hydroxyl groups excluding tert-OH is 2. The lowest BCUT2D eigenvalue weighted by Crippen LogP contribution is -2.59. The molecule has 4 fully saturated rings. The van der Waals surface area contributed by atoms with Crippen molar-refractivity contribution < 1.29 is 15.0 Å². The van der Waals surface area contributed by atoms with E-state index in [2.05, 4.69) is 26.8 Å². The van der Waals surface area contributed by atoms with Crippen LogP contribution in [-0.2, 0) is 4.79 Å². The highest BCUT2D eigenvalue weighted by atomic mass is 16.3. The second-order valence-corrected chi connectivity index (χ2v) is 10.2. The van der Waals surface area contributed by atoms with E-state index in [4.69, 9.17) is 0 Å². The summed E-state index contributed by atoms with van der Waals surface area (Å²) in [5.41, 5.74) is 1.23. The van der Waals surface area contributed by atoms with Gasteiger partial charge in [0.15, 0.2) is 5.78 Å².